The highest BCUT2D eigenvalue weighted by Crippen LogP contribution is 2.34. The van der Waals surface area contributed by atoms with Gasteiger partial charge in [-0.3, -0.25) is 0 Å². The van der Waals surface area contributed by atoms with Crippen LogP contribution in [-0.2, 0) is 0 Å². The van der Waals surface area contributed by atoms with Crippen LogP contribution >= 0.6 is 15.9 Å². The number of nitrogens with one attached hydrogen (secondary N) is 1. The fourth-order valence-electron chi connectivity index (χ4n) is 2.74. The van der Waals surface area contributed by atoms with Crippen LogP contribution in [0.2, 0.25) is 0 Å². The van der Waals surface area contributed by atoms with E-state index < -0.39 is 0 Å². The van der Waals surface area contributed by atoms with Crippen LogP contribution in [0.1, 0.15) is 31.7 Å². The summed E-state index contributed by atoms with van der Waals surface area (Å²) < 4.78 is 0.854. The first kappa shape index (κ1) is 13.8. The monoisotopic (exact) mass is 334 g/mol. The maximum absolute atomic E-state index is 9.23. The highest BCUT2D eigenvalue weighted by atomic mass is 79.9. The number of anilines is 1. The summed E-state index contributed by atoms with van der Waals surface area (Å²) in [6.45, 7) is 5.26. The zero-order valence-electron chi connectivity index (χ0n) is 11.7. The predicted octanol–water partition coefficient (Wildman–Crippen LogP) is 2.68. The molecule has 5 heteroatoms. The molecule has 20 heavy (non-hydrogen) atoms. The summed E-state index contributed by atoms with van der Waals surface area (Å²) in [4.78, 5) is 6.61. The first-order valence-corrected chi connectivity index (χ1v) is 8.01. The van der Waals surface area contributed by atoms with Gasteiger partial charge in [-0.15, -0.1) is 0 Å². The normalized spacial score (nSPS) is 20.4. The molecule has 0 spiro atoms. The lowest BCUT2D eigenvalue weighted by molar-refractivity contribution is 0.242. The van der Waals surface area contributed by atoms with E-state index in [9.17, 15) is 5.26 Å². The van der Waals surface area contributed by atoms with Crippen molar-refractivity contribution >= 4 is 21.7 Å². The minimum atomic E-state index is 0.212. The first-order valence-electron chi connectivity index (χ1n) is 7.21. The lowest BCUT2D eigenvalue weighted by Gasteiger charge is -2.51. The summed E-state index contributed by atoms with van der Waals surface area (Å²) in [5.41, 5.74) is 0.857. The zero-order chi connectivity index (χ0) is 14.2. The van der Waals surface area contributed by atoms with Gasteiger partial charge in [0, 0.05) is 23.8 Å². The Morgan fingerprint density at radius 2 is 2.30 bits per heavy atom. The van der Waals surface area contributed by atoms with Crippen molar-refractivity contribution in [3.63, 3.8) is 0 Å². The number of nitrogens with zero attached hydrogens (tertiary/aromatic N) is 3. The number of halogens is 1. The molecule has 0 unspecified atom stereocenters. The van der Waals surface area contributed by atoms with Crippen molar-refractivity contribution in [3.8, 4) is 6.07 Å². The summed E-state index contributed by atoms with van der Waals surface area (Å²) in [5.74, 6) is 1.71. The van der Waals surface area contributed by atoms with Crippen LogP contribution in [0.3, 0.4) is 0 Å². The topological polar surface area (TPSA) is 52.0 Å². The van der Waals surface area contributed by atoms with E-state index in [1.807, 2.05) is 6.07 Å². The van der Waals surface area contributed by atoms with Crippen molar-refractivity contribution in [1.82, 2.24) is 10.3 Å². The van der Waals surface area contributed by atoms with Gasteiger partial charge in [0.15, 0.2) is 0 Å². The summed E-state index contributed by atoms with van der Waals surface area (Å²) in [7, 11) is 0. The Labute approximate surface area is 128 Å². The van der Waals surface area contributed by atoms with Crippen molar-refractivity contribution in [1.29, 1.82) is 5.26 Å². The van der Waals surface area contributed by atoms with Crippen LogP contribution in [0.5, 0.6) is 0 Å². The third-order valence-electron chi connectivity index (χ3n) is 4.38. The van der Waals surface area contributed by atoms with Gasteiger partial charge >= 0.3 is 0 Å². The Morgan fingerprint density at radius 3 is 2.90 bits per heavy atom. The molecular formula is C15H19BrN4. The SMILES string of the molecule is CCC1(NCC2CC2)CN(c2ncc(Br)cc2C#N)C1. The maximum atomic E-state index is 9.23. The van der Waals surface area contributed by atoms with E-state index in [0.717, 1.165) is 42.3 Å². The third kappa shape index (κ3) is 2.68. The van der Waals surface area contributed by atoms with E-state index in [1.165, 1.54) is 12.8 Å². The largest absolute Gasteiger partial charge is 0.352 e. The summed E-state index contributed by atoms with van der Waals surface area (Å²) in [6.07, 6.45) is 5.64. The molecular weight excluding hydrogens is 316 g/mol. The molecule has 2 fully saturated rings. The van der Waals surface area contributed by atoms with Crippen LogP contribution in [0.15, 0.2) is 16.7 Å². The number of nitriles is 1. The van der Waals surface area contributed by atoms with E-state index in [1.54, 1.807) is 6.20 Å². The van der Waals surface area contributed by atoms with Crippen LogP contribution in [-0.4, -0.2) is 30.2 Å². The fraction of sp³-hybridized carbons (Fsp3) is 0.600. The number of pyridine rings is 1. The molecule has 1 aromatic rings. The van der Waals surface area contributed by atoms with E-state index in [-0.39, 0.29) is 5.54 Å². The summed E-state index contributed by atoms with van der Waals surface area (Å²) in [5, 5.41) is 13.0. The molecule has 0 bridgehead atoms. The Bertz CT molecular complexity index is 541. The van der Waals surface area contributed by atoms with Gasteiger partial charge in [0.05, 0.1) is 11.1 Å². The zero-order valence-corrected chi connectivity index (χ0v) is 13.3. The molecule has 2 heterocycles. The third-order valence-corrected chi connectivity index (χ3v) is 4.81. The second-order valence-corrected chi connectivity index (χ2v) is 6.87. The smallest absolute Gasteiger partial charge is 0.146 e. The minimum Gasteiger partial charge on any atom is -0.352 e. The van der Waals surface area contributed by atoms with Crippen molar-refractivity contribution in [2.24, 2.45) is 5.92 Å². The van der Waals surface area contributed by atoms with Gasteiger partial charge in [0.1, 0.15) is 11.9 Å². The van der Waals surface area contributed by atoms with Crippen molar-refractivity contribution < 1.29 is 0 Å². The standard InChI is InChI=1S/C15H19BrN4/c1-2-15(19-7-11-3-4-11)9-20(10-15)14-12(6-17)5-13(16)8-18-14/h5,8,11,19H,2-4,7,9-10H2,1H3. The average molecular weight is 335 g/mol. The molecule has 4 nitrogen and oxygen atoms in total. The van der Waals surface area contributed by atoms with E-state index >= 15 is 0 Å². The van der Waals surface area contributed by atoms with Gasteiger partial charge in [0.2, 0.25) is 0 Å². The maximum Gasteiger partial charge on any atom is 0.146 e. The molecule has 2 aliphatic rings. The van der Waals surface area contributed by atoms with Crippen LogP contribution in [0.25, 0.3) is 0 Å². The van der Waals surface area contributed by atoms with Gasteiger partial charge in [0.25, 0.3) is 0 Å². The Morgan fingerprint density at radius 1 is 1.55 bits per heavy atom. The molecule has 0 radical (unpaired) electrons. The van der Waals surface area contributed by atoms with E-state index in [0.29, 0.717) is 5.56 Å². The highest BCUT2D eigenvalue weighted by molar-refractivity contribution is 9.10. The predicted molar refractivity (Wildman–Crippen MR) is 82.6 cm³/mol. The molecule has 0 amide bonds. The molecule has 0 atom stereocenters. The molecule has 1 saturated heterocycles. The Hall–Kier alpha value is -1.12. The Balaban J connectivity index is 1.67. The van der Waals surface area contributed by atoms with Gasteiger partial charge < -0.3 is 10.2 Å². The lowest BCUT2D eigenvalue weighted by Crippen LogP contribution is -2.69. The van der Waals surface area contributed by atoms with Crippen LogP contribution in [0, 0.1) is 17.2 Å². The van der Waals surface area contributed by atoms with Gasteiger partial charge in [-0.1, -0.05) is 6.92 Å². The number of hydrogen-bond donors (Lipinski definition) is 1. The van der Waals surface area contributed by atoms with Gasteiger partial charge in [-0.2, -0.15) is 5.26 Å². The van der Waals surface area contributed by atoms with Crippen molar-refractivity contribution in [2.45, 2.75) is 31.7 Å². The highest BCUT2D eigenvalue weighted by Gasteiger charge is 2.43. The molecule has 1 aliphatic heterocycles. The Kier molecular flexibility index (Phi) is 3.70. The van der Waals surface area contributed by atoms with Gasteiger partial charge in [-0.25, -0.2) is 4.98 Å². The lowest BCUT2D eigenvalue weighted by atomic mass is 9.86. The van der Waals surface area contributed by atoms with Crippen LogP contribution < -0.4 is 10.2 Å². The molecule has 1 saturated carbocycles. The second kappa shape index (κ2) is 5.34. The number of hydrogen-bond acceptors (Lipinski definition) is 4. The fourth-order valence-corrected chi connectivity index (χ4v) is 3.08. The van der Waals surface area contributed by atoms with Crippen molar-refractivity contribution in [2.75, 3.05) is 24.5 Å². The molecule has 0 aromatic carbocycles. The average Bonchev–Trinajstić information content (AvgIpc) is 3.23. The summed E-state index contributed by atoms with van der Waals surface area (Å²) >= 11 is 3.37. The quantitative estimate of drug-likeness (QED) is 0.899. The molecule has 1 aromatic heterocycles. The van der Waals surface area contributed by atoms with E-state index in [4.69, 9.17) is 0 Å². The van der Waals surface area contributed by atoms with Crippen molar-refractivity contribution in [3.05, 3.63) is 22.3 Å². The second-order valence-electron chi connectivity index (χ2n) is 5.95. The summed E-state index contributed by atoms with van der Waals surface area (Å²) in [6, 6.07) is 4.08. The molecule has 1 N–H and O–H groups in total. The molecule has 106 valence electrons. The molecule has 3 rings (SSSR count). The molecule has 1 aliphatic carbocycles. The van der Waals surface area contributed by atoms with E-state index in [2.05, 4.69) is 44.1 Å². The van der Waals surface area contributed by atoms with Crippen LogP contribution in [0.4, 0.5) is 5.82 Å². The van der Waals surface area contributed by atoms with Gasteiger partial charge in [-0.05, 0) is 53.7 Å². The number of rotatable bonds is 5. The number of aromatic nitrogens is 1. The minimum absolute atomic E-state index is 0.212. The first-order chi connectivity index (χ1) is 9.65.